The van der Waals surface area contributed by atoms with E-state index in [0.717, 1.165) is 21.7 Å². The van der Waals surface area contributed by atoms with E-state index in [1.807, 2.05) is 29.2 Å². The molecule has 1 atom stereocenters. The van der Waals surface area contributed by atoms with Gasteiger partial charge in [-0.2, -0.15) is 0 Å². The van der Waals surface area contributed by atoms with Gasteiger partial charge in [0.1, 0.15) is 5.82 Å². The Labute approximate surface area is 174 Å². The van der Waals surface area contributed by atoms with Crippen LogP contribution in [0.5, 0.6) is 0 Å². The van der Waals surface area contributed by atoms with Crippen LogP contribution in [0.4, 0.5) is 4.39 Å². The van der Waals surface area contributed by atoms with E-state index in [4.69, 9.17) is 11.6 Å². The Morgan fingerprint density at radius 3 is 2.86 bits per heavy atom. The molecular formula is C22H23ClFN3O2. The number of carbonyl (C=O) groups is 2. The van der Waals surface area contributed by atoms with Crippen molar-refractivity contribution in [2.45, 2.75) is 32.0 Å². The van der Waals surface area contributed by atoms with Crippen LogP contribution in [-0.4, -0.2) is 47.3 Å². The summed E-state index contributed by atoms with van der Waals surface area (Å²) in [6.45, 7) is 2.68. The molecule has 29 heavy (non-hydrogen) atoms. The summed E-state index contributed by atoms with van der Waals surface area (Å²) in [6.07, 6.45) is 0.821. The summed E-state index contributed by atoms with van der Waals surface area (Å²) in [7, 11) is 0. The van der Waals surface area contributed by atoms with Crippen LogP contribution in [0.25, 0.3) is 0 Å². The lowest BCUT2D eigenvalue weighted by atomic mass is 9.98. The maximum atomic E-state index is 13.5. The number of nitrogens with one attached hydrogen (secondary N) is 1. The number of benzene rings is 2. The number of halogens is 2. The third-order valence-electron chi connectivity index (χ3n) is 5.65. The fourth-order valence-electron chi connectivity index (χ4n) is 4.11. The summed E-state index contributed by atoms with van der Waals surface area (Å²) in [5.74, 6) is -0.509. The SMILES string of the molecule is O=C1NCCN(Cc2cccc(F)c2)C1CC(=O)N1CCc2c(Cl)cccc2C1. The minimum atomic E-state index is -0.555. The average molecular weight is 416 g/mol. The highest BCUT2D eigenvalue weighted by Crippen LogP contribution is 2.27. The topological polar surface area (TPSA) is 52.7 Å². The quantitative estimate of drug-likeness (QED) is 0.835. The first-order chi connectivity index (χ1) is 14.0. The van der Waals surface area contributed by atoms with E-state index in [1.165, 1.54) is 12.1 Å². The number of fused-ring (bicyclic) bond motifs is 1. The molecule has 1 saturated heterocycles. The molecule has 1 N–H and O–H groups in total. The van der Waals surface area contributed by atoms with E-state index in [9.17, 15) is 14.0 Å². The fraction of sp³-hybridized carbons (Fsp3) is 0.364. The summed E-state index contributed by atoms with van der Waals surface area (Å²) in [5, 5.41) is 3.59. The summed E-state index contributed by atoms with van der Waals surface area (Å²) >= 11 is 6.26. The molecule has 0 spiro atoms. The fourth-order valence-corrected chi connectivity index (χ4v) is 4.40. The van der Waals surface area contributed by atoms with Crippen LogP contribution in [0.3, 0.4) is 0 Å². The number of carbonyl (C=O) groups excluding carboxylic acids is 2. The first-order valence-electron chi connectivity index (χ1n) is 9.81. The number of rotatable bonds is 4. The van der Waals surface area contributed by atoms with Crippen molar-refractivity contribution in [2.75, 3.05) is 19.6 Å². The maximum Gasteiger partial charge on any atom is 0.237 e. The Balaban J connectivity index is 1.45. The second-order valence-corrected chi connectivity index (χ2v) is 7.96. The molecular weight excluding hydrogens is 393 g/mol. The third kappa shape index (κ3) is 4.43. The van der Waals surface area contributed by atoms with Gasteiger partial charge in [-0.3, -0.25) is 14.5 Å². The average Bonchev–Trinajstić information content (AvgIpc) is 2.70. The van der Waals surface area contributed by atoms with E-state index >= 15 is 0 Å². The van der Waals surface area contributed by atoms with Crippen molar-refractivity contribution in [3.63, 3.8) is 0 Å². The lowest BCUT2D eigenvalue weighted by Crippen LogP contribution is -2.56. The molecule has 0 bridgehead atoms. The predicted octanol–water partition coefficient (Wildman–Crippen LogP) is 2.75. The molecule has 5 nitrogen and oxygen atoms in total. The molecule has 0 aromatic heterocycles. The van der Waals surface area contributed by atoms with Crippen molar-refractivity contribution in [3.8, 4) is 0 Å². The first kappa shape index (κ1) is 19.9. The van der Waals surface area contributed by atoms with Gasteiger partial charge in [0.15, 0.2) is 0 Å². The van der Waals surface area contributed by atoms with Gasteiger partial charge >= 0.3 is 0 Å². The van der Waals surface area contributed by atoms with Gasteiger partial charge in [-0.15, -0.1) is 0 Å². The van der Waals surface area contributed by atoms with Crippen LogP contribution in [0.2, 0.25) is 5.02 Å². The van der Waals surface area contributed by atoms with Crippen molar-refractivity contribution in [1.82, 2.24) is 15.1 Å². The minimum Gasteiger partial charge on any atom is -0.353 e. The van der Waals surface area contributed by atoms with E-state index < -0.39 is 6.04 Å². The molecule has 7 heteroatoms. The Morgan fingerprint density at radius 2 is 2.03 bits per heavy atom. The predicted molar refractivity (Wildman–Crippen MR) is 109 cm³/mol. The minimum absolute atomic E-state index is 0.0538. The Bertz CT molecular complexity index is 936. The van der Waals surface area contributed by atoms with Crippen molar-refractivity contribution < 1.29 is 14.0 Å². The molecule has 2 aliphatic rings. The normalized spacial score (nSPS) is 19.6. The second-order valence-electron chi connectivity index (χ2n) is 7.55. The van der Waals surface area contributed by atoms with Gasteiger partial charge in [0.2, 0.25) is 11.8 Å². The van der Waals surface area contributed by atoms with Crippen molar-refractivity contribution in [3.05, 3.63) is 70.0 Å². The Kier molecular flexibility index (Phi) is 5.83. The van der Waals surface area contributed by atoms with E-state index in [-0.39, 0.29) is 24.1 Å². The number of piperazine rings is 1. The first-order valence-corrected chi connectivity index (χ1v) is 10.2. The molecule has 2 heterocycles. The van der Waals surface area contributed by atoms with Crippen LogP contribution in [0, 0.1) is 5.82 Å². The highest BCUT2D eigenvalue weighted by Gasteiger charge is 2.33. The molecule has 0 aliphatic carbocycles. The van der Waals surface area contributed by atoms with E-state index in [2.05, 4.69) is 5.32 Å². The van der Waals surface area contributed by atoms with Gasteiger partial charge < -0.3 is 10.2 Å². The zero-order chi connectivity index (χ0) is 20.4. The van der Waals surface area contributed by atoms with Gasteiger partial charge in [0.25, 0.3) is 0 Å². The van der Waals surface area contributed by atoms with Crippen LogP contribution in [-0.2, 0) is 29.1 Å². The zero-order valence-electron chi connectivity index (χ0n) is 16.0. The summed E-state index contributed by atoms with van der Waals surface area (Å²) in [5.41, 5.74) is 2.95. The highest BCUT2D eigenvalue weighted by atomic mass is 35.5. The molecule has 1 fully saturated rings. The molecule has 2 aromatic rings. The summed E-state index contributed by atoms with van der Waals surface area (Å²) in [4.78, 5) is 29.2. The van der Waals surface area contributed by atoms with Crippen LogP contribution in [0.15, 0.2) is 42.5 Å². The third-order valence-corrected chi connectivity index (χ3v) is 6.00. The molecule has 2 amide bonds. The van der Waals surface area contributed by atoms with Gasteiger partial charge in [-0.25, -0.2) is 4.39 Å². The second kappa shape index (κ2) is 8.51. The molecule has 2 aromatic carbocycles. The molecule has 2 aliphatic heterocycles. The van der Waals surface area contributed by atoms with Crippen molar-refractivity contribution in [1.29, 1.82) is 0 Å². The number of hydrogen-bond donors (Lipinski definition) is 1. The lowest BCUT2D eigenvalue weighted by Gasteiger charge is -2.36. The van der Waals surface area contributed by atoms with Gasteiger partial charge in [-0.05, 0) is 41.3 Å². The number of nitrogens with zero attached hydrogens (tertiary/aromatic N) is 2. The van der Waals surface area contributed by atoms with Gasteiger partial charge in [0.05, 0.1) is 12.5 Å². The monoisotopic (exact) mass is 415 g/mol. The molecule has 4 rings (SSSR count). The van der Waals surface area contributed by atoms with Crippen LogP contribution in [0.1, 0.15) is 23.1 Å². The summed E-state index contributed by atoms with van der Waals surface area (Å²) < 4.78 is 13.5. The van der Waals surface area contributed by atoms with E-state index in [1.54, 1.807) is 11.0 Å². The molecule has 1 unspecified atom stereocenters. The van der Waals surface area contributed by atoms with E-state index in [0.29, 0.717) is 39.1 Å². The highest BCUT2D eigenvalue weighted by molar-refractivity contribution is 6.31. The molecule has 152 valence electrons. The van der Waals surface area contributed by atoms with Crippen molar-refractivity contribution >= 4 is 23.4 Å². The zero-order valence-corrected chi connectivity index (χ0v) is 16.8. The van der Waals surface area contributed by atoms with Crippen molar-refractivity contribution in [2.24, 2.45) is 0 Å². The van der Waals surface area contributed by atoms with Gasteiger partial charge in [-0.1, -0.05) is 35.9 Å². The molecule has 0 radical (unpaired) electrons. The van der Waals surface area contributed by atoms with Gasteiger partial charge in [0, 0.05) is 37.7 Å². The number of hydrogen-bond acceptors (Lipinski definition) is 3. The smallest absolute Gasteiger partial charge is 0.237 e. The lowest BCUT2D eigenvalue weighted by molar-refractivity contribution is -0.139. The Morgan fingerprint density at radius 1 is 1.21 bits per heavy atom. The maximum absolute atomic E-state index is 13.5. The van der Waals surface area contributed by atoms with Crippen LogP contribution >= 0.6 is 11.6 Å². The Hall–Kier alpha value is -2.44. The van der Waals surface area contributed by atoms with Crippen LogP contribution < -0.4 is 5.32 Å². The summed E-state index contributed by atoms with van der Waals surface area (Å²) in [6, 6.07) is 11.6. The largest absolute Gasteiger partial charge is 0.353 e. The standard InChI is InChI=1S/C22H23ClFN3O2/c23-19-6-2-4-16-14-27(9-7-18(16)19)21(28)12-20-22(29)25-8-10-26(20)13-15-3-1-5-17(24)11-15/h1-6,11,20H,7-10,12-14H2,(H,25,29). The number of amides is 2. The molecule has 0 saturated carbocycles.